The first kappa shape index (κ1) is 16.2. The molecule has 0 unspecified atom stereocenters. The Morgan fingerprint density at radius 3 is 2.25 bits per heavy atom. The standard InChI is InChI=1S/C20H15ClFNO/c1-13-4-2-3-5-17(13)20(24)18-11-10-16(12-19(18)21)23-15-8-6-14(22)7-9-15/h2-12,23H,1H3. The fraction of sp³-hybridized carbons (Fsp3) is 0.0500. The summed E-state index contributed by atoms with van der Waals surface area (Å²) >= 11 is 6.30. The predicted octanol–water partition coefficient (Wildman–Crippen LogP) is 5.76. The molecule has 0 atom stereocenters. The summed E-state index contributed by atoms with van der Waals surface area (Å²) in [5.74, 6) is -0.399. The Bertz CT molecular complexity index is 890. The van der Waals surface area contributed by atoms with E-state index < -0.39 is 0 Å². The van der Waals surface area contributed by atoms with Crippen LogP contribution < -0.4 is 5.32 Å². The lowest BCUT2D eigenvalue weighted by Crippen LogP contribution is -2.04. The summed E-state index contributed by atoms with van der Waals surface area (Å²) in [6, 6.07) is 18.6. The number of rotatable bonds is 4. The summed E-state index contributed by atoms with van der Waals surface area (Å²) in [6.45, 7) is 1.89. The number of carbonyl (C=O) groups excluding carboxylic acids is 1. The van der Waals surface area contributed by atoms with Crippen molar-refractivity contribution in [1.82, 2.24) is 0 Å². The van der Waals surface area contributed by atoms with Crippen LogP contribution in [0.2, 0.25) is 5.02 Å². The van der Waals surface area contributed by atoms with Crippen LogP contribution in [0.15, 0.2) is 66.7 Å². The van der Waals surface area contributed by atoms with Crippen LogP contribution in [-0.4, -0.2) is 5.78 Å². The number of hydrogen-bond acceptors (Lipinski definition) is 2. The molecule has 3 aromatic carbocycles. The zero-order valence-electron chi connectivity index (χ0n) is 13.0. The highest BCUT2D eigenvalue weighted by Gasteiger charge is 2.15. The smallest absolute Gasteiger partial charge is 0.194 e. The lowest BCUT2D eigenvalue weighted by Gasteiger charge is -2.10. The third-order valence-electron chi connectivity index (χ3n) is 3.74. The molecule has 0 saturated heterocycles. The second-order valence-electron chi connectivity index (χ2n) is 5.47. The molecule has 0 aliphatic rings. The van der Waals surface area contributed by atoms with Gasteiger partial charge in [-0.25, -0.2) is 4.39 Å². The largest absolute Gasteiger partial charge is 0.355 e. The number of benzene rings is 3. The van der Waals surface area contributed by atoms with Gasteiger partial charge in [0, 0.05) is 22.5 Å². The van der Waals surface area contributed by atoms with Gasteiger partial charge in [0.2, 0.25) is 0 Å². The van der Waals surface area contributed by atoms with Crippen molar-refractivity contribution >= 4 is 28.8 Å². The van der Waals surface area contributed by atoms with Crippen LogP contribution in [0.5, 0.6) is 0 Å². The van der Waals surface area contributed by atoms with Gasteiger partial charge >= 0.3 is 0 Å². The van der Waals surface area contributed by atoms with E-state index in [2.05, 4.69) is 5.32 Å². The first-order valence-corrected chi connectivity index (χ1v) is 7.85. The van der Waals surface area contributed by atoms with E-state index in [0.717, 1.165) is 16.9 Å². The minimum atomic E-state index is -0.294. The summed E-state index contributed by atoms with van der Waals surface area (Å²) in [5.41, 5.74) is 3.47. The number of anilines is 2. The van der Waals surface area contributed by atoms with Crippen molar-refractivity contribution in [2.45, 2.75) is 6.92 Å². The molecule has 4 heteroatoms. The molecule has 0 amide bonds. The van der Waals surface area contributed by atoms with E-state index in [9.17, 15) is 9.18 Å². The van der Waals surface area contributed by atoms with Gasteiger partial charge in [-0.15, -0.1) is 0 Å². The van der Waals surface area contributed by atoms with Gasteiger partial charge in [0.1, 0.15) is 5.82 Å². The molecule has 0 radical (unpaired) electrons. The maximum atomic E-state index is 12.9. The van der Waals surface area contributed by atoms with Gasteiger partial charge in [-0.1, -0.05) is 35.9 Å². The Labute approximate surface area is 144 Å². The average Bonchev–Trinajstić information content (AvgIpc) is 2.57. The zero-order chi connectivity index (χ0) is 17.1. The van der Waals surface area contributed by atoms with Gasteiger partial charge in [0.05, 0.1) is 5.02 Å². The summed E-state index contributed by atoms with van der Waals surface area (Å²) in [5, 5.41) is 3.50. The molecule has 0 fully saturated rings. The molecule has 0 saturated carbocycles. The highest BCUT2D eigenvalue weighted by Crippen LogP contribution is 2.26. The van der Waals surface area contributed by atoms with Crippen LogP contribution in [0.1, 0.15) is 21.5 Å². The molecule has 0 aliphatic heterocycles. The highest BCUT2D eigenvalue weighted by atomic mass is 35.5. The maximum absolute atomic E-state index is 12.9. The van der Waals surface area contributed by atoms with Crippen molar-refractivity contribution in [3.63, 3.8) is 0 Å². The molecular weight excluding hydrogens is 325 g/mol. The molecule has 0 aromatic heterocycles. The molecular formula is C20H15ClFNO. The average molecular weight is 340 g/mol. The molecule has 2 nitrogen and oxygen atoms in total. The summed E-state index contributed by atoms with van der Waals surface area (Å²) in [6.07, 6.45) is 0. The number of ketones is 1. The third-order valence-corrected chi connectivity index (χ3v) is 4.05. The number of aryl methyl sites for hydroxylation is 1. The quantitative estimate of drug-likeness (QED) is 0.612. The second-order valence-corrected chi connectivity index (χ2v) is 5.88. The van der Waals surface area contributed by atoms with Gasteiger partial charge < -0.3 is 5.32 Å². The summed E-state index contributed by atoms with van der Waals surface area (Å²) < 4.78 is 12.9. The molecule has 0 bridgehead atoms. The third kappa shape index (κ3) is 3.47. The van der Waals surface area contributed by atoms with E-state index >= 15 is 0 Å². The Morgan fingerprint density at radius 2 is 1.58 bits per heavy atom. The fourth-order valence-corrected chi connectivity index (χ4v) is 2.72. The molecule has 1 N–H and O–H groups in total. The first-order chi connectivity index (χ1) is 11.5. The van der Waals surface area contributed by atoms with Gasteiger partial charge in [-0.2, -0.15) is 0 Å². The topological polar surface area (TPSA) is 29.1 Å². The van der Waals surface area contributed by atoms with Crippen LogP contribution in [0.25, 0.3) is 0 Å². The summed E-state index contributed by atoms with van der Waals surface area (Å²) in [4.78, 5) is 12.6. The van der Waals surface area contributed by atoms with Crippen molar-refractivity contribution in [2.24, 2.45) is 0 Å². The summed E-state index contributed by atoms with van der Waals surface area (Å²) in [7, 11) is 0. The van der Waals surface area contributed by atoms with E-state index in [-0.39, 0.29) is 11.6 Å². The molecule has 3 rings (SSSR count). The lowest BCUT2D eigenvalue weighted by molar-refractivity contribution is 0.103. The van der Waals surface area contributed by atoms with E-state index in [4.69, 9.17) is 11.6 Å². The van der Waals surface area contributed by atoms with Crippen LogP contribution >= 0.6 is 11.6 Å². The molecule has 0 heterocycles. The molecule has 3 aromatic rings. The second kappa shape index (κ2) is 6.85. The molecule has 0 spiro atoms. The van der Waals surface area contributed by atoms with Crippen LogP contribution in [0.3, 0.4) is 0 Å². The Kier molecular flexibility index (Phi) is 4.63. The Hall–Kier alpha value is -2.65. The van der Waals surface area contributed by atoms with E-state index in [1.54, 1.807) is 36.4 Å². The van der Waals surface area contributed by atoms with Gasteiger partial charge in [0.15, 0.2) is 5.78 Å². The van der Waals surface area contributed by atoms with Gasteiger partial charge in [-0.3, -0.25) is 4.79 Å². The van der Waals surface area contributed by atoms with Crippen molar-refractivity contribution < 1.29 is 9.18 Å². The maximum Gasteiger partial charge on any atom is 0.194 e. The Balaban J connectivity index is 1.86. The Morgan fingerprint density at radius 1 is 0.917 bits per heavy atom. The van der Waals surface area contributed by atoms with Gasteiger partial charge in [-0.05, 0) is 55.0 Å². The minimum absolute atomic E-state index is 0.105. The number of carbonyl (C=O) groups is 1. The fourth-order valence-electron chi connectivity index (χ4n) is 2.45. The molecule has 24 heavy (non-hydrogen) atoms. The minimum Gasteiger partial charge on any atom is -0.355 e. The number of halogens is 2. The normalized spacial score (nSPS) is 10.5. The van der Waals surface area contributed by atoms with E-state index in [1.165, 1.54) is 12.1 Å². The van der Waals surface area contributed by atoms with Crippen LogP contribution in [0.4, 0.5) is 15.8 Å². The SMILES string of the molecule is Cc1ccccc1C(=O)c1ccc(Nc2ccc(F)cc2)cc1Cl. The molecule has 120 valence electrons. The predicted molar refractivity (Wildman–Crippen MR) is 95.7 cm³/mol. The van der Waals surface area contributed by atoms with Crippen molar-refractivity contribution in [3.8, 4) is 0 Å². The van der Waals surface area contributed by atoms with E-state index in [0.29, 0.717) is 16.1 Å². The molecule has 0 aliphatic carbocycles. The van der Waals surface area contributed by atoms with Crippen LogP contribution in [-0.2, 0) is 0 Å². The first-order valence-electron chi connectivity index (χ1n) is 7.47. The van der Waals surface area contributed by atoms with Crippen molar-refractivity contribution in [3.05, 3.63) is 94.3 Å². The number of nitrogens with one attached hydrogen (secondary N) is 1. The monoisotopic (exact) mass is 339 g/mol. The van der Waals surface area contributed by atoms with Crippen molar-refractivity contribution in [2.75, 3.05) is 5.32 Å². The van der Waals surface area contributed by atoms with Crippen molar-refractivity contribution in [1.29, 1.82) is 0 Å². The van der Waals surface area contributed by atoms with Crippen LogP contribution in [0, 0.1) is 12.7 Å². The zero-order valence-corrected chi connectivity index (χ0v) is 13.8. The van der Waals surface area contributed by atoms with Gasteiger partial charge in [0.25, 0.3) is 0 Å². The highest BCUT2D eigenvalue weighted by molar-refractivity contribution is 6.35. The lowest BCUT2D eigenvalue weighted by atomic mass is 9.99. The number of hydrogen-bond donors (Lipinski definition) is 1. The van der Waals surface area contributed by atoms with E-state index in [1.807, 2.05) is 25.1 Å².